The van der Waals surface area contributed by atoms with Crippen LogP contribution in [0.15, 0.2) is 24.0 Å². The molecule has 0 unspecified atom stereocenters. The van der Waals surface area contributed by atoms with Crippen molar-refractivity contribution in [2.45, 2.75) is 6.92 Å². The summed E-state index contributed by atoms with van der Waals surface area (Å²) in [4.78, 5) is 9.48. The van der Waals surface area contributed by atoms with E-state index in [0.29, 0.717) is 0 Å². The smallest absolute Gasteiger partial charge is 0.142 e. The molecule has 0 aliphatic rings. The van der Waals surface area contributed by atoms with Crippen molar-refractivity contribution in [3.8, 4) is 0 Å². The standard InChI is InChI=1S/C11H11N5S/c1-7-9(5-16(2)15-7)14-10-8-3-4-17-11(8)13-6-12-10/h3-6H,1-2H3,(H,12,13,14). The molecule has 6 heteroatoms. The molecule has 86 valence electrons. The molecule has 0 aliphatic heterocycles. The molecule has 0 atom stereocenters. The maximum Gasteiger partial charge on any atom is 0.142 e. The lowest BCUT2D eigenvalue weighted by molar-refractivity contribution is 0.756. The van der Waals surface area contributed by atoms with Crippen LogP contribution in [0.2, 0.25) is 0 Å². The zero-order valence-electron chi connectivity index (χ0n) is 9.51. The Morgan fingerprint density at radius 1 is 1.35 bits per heavy atom. The highest BCUT2D eigenvalue weighted by Crippen LogP contribution is 2.27. The highest BCUT2D eigenvalue weighted by atomic mass is 32.1. The minimum absolute atomic E-state index is 0.826. The SMILES string of the molecule is Cc1nn(C)cc1Nc1ncnc2sccc12. The van der Waals surface area contributed by atoms with E-state index in [9.17, 15) is 0 Å². The molecule has 3 aromatic heterocycles. The van der Waals surface area contributed by atoms with Crippen LogP contribution in [0.3, 0.4) is 0 Å². The Balaban J connectivity index is 2.05. The van der Waals surface area contributed by atoms with Crippen molar-refractivity contribution < 1.29 is 0 Å². The van der Waals surface area contributed by atoms with Crippen molar-refractivity contribution in [3.63, 3.8) is 0 Å². The molecule has 3 heterocycles. The Labute approximate surface area is 102 Å². The average molecular weight is 245 g/mol. The zero-order chi connectivity index (χ0) is 11.8. The summed E-state index contributed by atoms with van der Waals surface area (Å²) in [5.41, 5.74) is 1.92. The fourth-order valence-corrected chi connectivity index (χ4v) is 2.47. The second kappa shape index (κ2) is 3.81. The van der Waals surface area contributed by atoms with Gasteiger partial charge in [-0.05, 0) is 18.4 Å². The van der Waals surface area contributed by atoms with E-state index < -0.39 is 0 Å². The maximum atomic E-state index is 4.29. The van der Waals surface area contributed by atoms with Gasteiger partial charge in [-0.1, -0.05) is 0 Å². The molecule has 1 N–H and O–H groups in total. The Morgan fingerprint density at radius 3 is 3.00 bits per heavy atom. The number of rotatable bonds is 2. The first-order valence-electron chi connectivity index (χ1n) is 5.19. The maximum absolute atomic E-state index is 4.29. The first kappa shape index (κ1) is 10.2. The van der Waals surface area contributed by atoms with Gasteiger partial charge in [0.2, 0.25) is 0 Å². The molecule has 0 saturated heterocycles. The van der Waals surface area contributed by atoms with Crippen LogP contribution in [-0.4, -0.2) is 19.7 Å². The largest absolute Gasteiger partial charge is 0.337 e. The van der Waals surface area contributed by atoms with Crippen LogP contribution < -0.4 is 5.32 Å². The van der Waals surface area contributed by atoms with Crippen molar-refractivity contribution >= 4 is 33.1 Å². The van der Waals surface area contributed by atoms with Crippen LogP contribution in [0.1, 0.15) is 5.69 Å². The van der Waals surface area contributed by atoms with Gasteiger partial charge in [-0.2, -0.15) is 5.10 Å². The molecule has 5 nitrogen and oxygen atoms in total. The summed E-state index contributed by atoms with van der Waals surface area (Å²) in [5.74, 6) is 0.826. The Morgan fingerprint density at radius 2 is 2.24 bits per heavy atom. The van der Waals surface area contributed by atoms with Crippen LogP contribution in [0.4, 0.5) is 11.5 Å². The number of hydrogen-bond donors (Lipinski definition) is 1. The van der Waals surface area contributed by atoms with Crippen molar-refractivity contribution in [2.24, 2.45) is 7.05 Å². The first-order valence-corrected chi connectivity index (χ1v) is 6.07. The van der Waals surface area contributed by atoms with E-state index in [1.807, 2.05) is 31.6 Å². The monoisotopic (exact) mass is 245 g/mol. The van der Waals surface area contributed by atoms with Gasteiger partial charge in [0.05, 0.1) is 16.8 Å². The molecule has 3 rings (SSSR count). The van der Waals surface area contributed by atoms with Gasteiger partial charge in [0.25, 0.3) is 0 Å². The third-order valence-electron chi connectivity index (χ3n) is 2.53. The van der Waals surface area contributed by atoms with Gasteiger partial charge in [-0.15, -0.1) is 11.3 Å². The number of aryl methyl sites for hydroxylation is 2. The van der Waals surface area contributed by atoms with Crippen molar-refractivity contribution in [1.29, 1.82) is 0 Å². The number of fused-ring (bicyclic) bond motifs is 1. The lowest BCUT2D eigenvalue weighted by atomic mass is 10.3. The van der Waals surface area contributed by atoms with Crippen LogP contribution >= 0.6 is 11.3 Å². The fourth-order valence-electron chi connectivity index (χ4n) is 1.74. The molecular formula is C11H11N5S. The number of thiophene rings is 1. The topological polar surface area (TPSA) is 55.6 Å². The summed E-state index contributed by atoms with van der Waals surface area (Å²) in [6.45, 7) is 1.97. The molecule has 0 bridgehead atoms. The number of hydrogen-bond acceptors (Lipinski definition) is 5. The molecule has 0 aromatic carbocycles. The van der Waals surface area contributed by atoms with Crippen LogP contribution in [0.25, 0.3) is 10.2 Å². The van der Waals surface area contributed by atoms with Gasteiger partial charge >= 0.3 is 0 Å². The fraction of sp³-hybridized carbons (Fsp3) is 0.182. The molecule has 0 aliphatic carbocycles. The van der Waals surface area contributed by atoms with Crippen LogP contribution in [-0.2, 0) is 7.05 Å². The summed E-state index contributed by atoms with van der Waals surface area (Å²) in [5, 5.41) is 10.6. The lowest BCUT2D eigenvalue weighted by Crippen LogP contribution is -1.94. The molecule has 17 heavy (non-hydrogen) atoms. The van der Waals surface area contributed by atoms with Crippen LogP contribution in [0, 0.1) is 6.92 Å². The highest BCUT2D eigenvalue weighted by molar-refractivity contribution is 7.16. The predicted molar refractivity (Wildman–Crippen MR) is 68.6 cm³/mol. The summed E-state index contributed by atoms with van der Waals surface area (Å²) in [7, 11) is 1.90. The minimum Gasteiger partial charge on any atom is -0.337 e. The number of anilines is 2. The zero-order valence-corrected chi connectivity index (χ0v) is 10.3. The van der Waals surface area contributed by atoms with Crippen molar-refractivity contribution in [1.82, 2.24) is 19.7 Å². The quantitative estimate of drug-likeness (QED) is 0.753. The van der Waals surface area contributed by atoms with Gasteiger partial charge in [0.15, 0.2) is 0 Å². The van der Waals surface area contributed by atoms with Crippen molar-refractivity contribution in [3.05, 3.63) is 29.7 Å². The average Bonchev–Trinajstić information content (AvgIpc) is 2.87. The van der Waals surface area contributed by atoms with E-state index >= 15 is 0 Å². The highest BCUT2D eigenvalue weighted by Gasteiger charge is 2.08. The first-order chi connectivity index (χ1) is 8.24. The minimum atomic E-state index is 0.826. The van der Waals surface area contributed by atoms with E-state index in [1.165, 1.54) is 0 Å². The molecule has 0 fully saturated rings. The van der Waals surface area contributed by atoms with Crippen molar-refractivity contribution in [2.75, 3.05) is 5.32 Å². The van der Waals surface area contributed by atoms with Gasteiger partial charge < -0.3 is 5.32 Å². The summed E-state index contributed by atoms with van der Waals surface area (Å²) in [6.07, 6.45) is 3.52. The number of nitrogens with one attached hydrogen (secondary N) is 1. The van der Waals surface area contributed by atoms with Gasteiger partial charge in [-0.3, -0.25) is 4.68 Å². The van der Waals surface area contributed by atoms with Crippen LogP contribution in [0.5, 0.6) is 0 Å². The summed E-state index contributed by atoms with van der Waals surface area (Å²) < 4.78 is 1.78. The van der Waals surface area contributed by atoms with E-state index in [0.717, 1.165) is 27.4 Å². The second-order valence-electron chi connectivity index (χ2n) is 3.79. The Bertz CT molecular complexity index is 669. The molecule has 0 saturated carbocycles. The van der Waals surface area contributed by atoms with Gasteiger partial charge in [0, 0.05) is 13.2 Å². The Hall–Kier alpha value is -1.95. The van der Waals surface area contributed by atoms with E-state index in [1.54, 1.807) is 22.3 Å². The second-order valence-corrected chi connectivity index (χ2v) is 4.68. The summed E-state index contributed by atoms with van der Waals surface area (Å²) >= 11 is 1.61. The van der Waals surface area contributed by atoms with E-state index in [4.69, 9.17) is 0 Å². The third-order valence-corrected chi connectivity index (χ3v) is 3.35. The molecule has 0 radical (unpaired) electrons. The molecule has 0 spiro atoms. The molecular weight excluding hydrogens is 234 g/mol. The third kappa shape index (κ3) is 1.76. The normalized spacial score (nSPS) is 10.9. The van der Waals surface area contributed by atoms with Gasteiger partial charge in [-0.25, -0.2) is 9.97 Å². The van der Waals surface area contributed by atoms with E-state index in [-0.39, 0.29) is 0 Å². The molecule has 0 amide bonds. The van der Waals surface area contributed by atoms with E-state index in [2.05, 4.69) is 20.4 Å². The Kier molecular flexibility index (Phi) is 2.29. The predicted octanol–water partition coefficient (Wildman–Crippen LogP) is 2.48. The van der Waals surface area contributed by atoms with Gasteiger partial charge in [0.1, 0.15) is 17.0 Å². The number of nitrogens with zero attached hydrogens (tertiary/aromatic N) is 4. The summed E-state index contributed by atoms with van der Waals surface area (Å²) in [6, 6.07) is 2.02. The number of aromatic nitrogens is 4. The lowest BCUT2D eigenvalue weighted by Gasteiger charge is -2.04. The molecule has 3 aromatic rings.